The molecule has 0 aliphatic rings. The monoisotopic (exact) mass is 346 g/mol. The molecule has 9 nitrogen and oxygen atoms in total. The number of furan rings is 1. The molecule has 122 valence electrons. The molecule has 0 aliphatic heterocycles. The second-order valence-electron chi connectivity index (χ2n) is 4.46. The van der Waals surface area contributed by atoms with Crippen LogP contribution in [0.4, 0.5) is 5.88 Å². The fraction of sp³-hybridized carbons (Fsp3) is 0.0714. The Morgan fingerprint density at radius 1 is 1.33 bits per heavy atom. The lowest BCUT2D eigenvalue weighted by Crippen LogP contribution is -2.19. The van der Waals surface area contributed by atoms with E-state index in [1.807, 2.05) is 18.2 Å². The number of carbonyl (C=O) groups is 1. The van der Waals surface area contributed by atoms with Gasteiger partial charge in [0.1, 0.15) is 10.4 Å². The van der Waals surface area contributed by atoms with Crippen LogP contribution in [-0.4, -0.2) is 27.8 Å². The average molecular weight is 346 g/mol. The van der Waals surface area contributed by atoms with E-state index in [-0.39, 0.29) is 17.4 Å². The molecule has 3 rings (SSSR count). The van der Waals surface area contributed by atoms with Gasteiger partial charge in [-0.2, -0.15) is 5.10 Å². The van der Waals surface area contributed by atoms with Crippen LogP contribution >= 0.6 is 11.8 Å². The molecule has 0 aliphatic carbocycles. The van der Waals surface area contributed by atoms with Crippen molar-refractivity contribution in [3.63, 3.8) is 0 Å². The van der Waals surface area contributed by atoms with Crippen LogP contribution in [0.15, 0.2) is 55.6 Å². The Balaban J connectivity index is 1.50. The van der Waals surface area contributed by atoms with Gasteiger partial charge in [-0.15, -0.1) is 0 Å². The summed E-state index contributed by atoms with van der Waals surface area (Å²) in [6.45, 7) is 0. The van der Waals surface area contributed by atoms with Gasteiger partial charge in [-0.3, -0.25) is 14.9 Å². The fourth-order valence-corrected chi connectivity index (χ4v) is 2.38. The number of oxazole rings is 1. The van der Waals surface area contributed by atoms with Crippen molar-refractivity contribution in [3.05, 3.63) is 52.3 Å². The smallest absolute Gasteiger partial charge is 0.431 e. The van der Waals surface area contributed by atoms with Crippen LogP contribution < -0.4 is 5.43 Å². The third-order valence-corrected chi connectivity index (χ3v) is 3.60. The molecule has 3 aromatic rings. The SMILES string of the molecule is O=C(CSc1nc2ccccc2o1)N/N=C\c1ccc([N+](=O)[O-])o1. The van der Waals surface area contributed by atoms with Gasteiger partial charge in [0.15, 0.2) is 11.3 Å². The molecule has 2 heterocycles. The predicted octanol–water partition coefficient (Wildman–Crippen LogP) is 2.57. The summed E-state index contributed by atoms with van der Waals surface area (Å²) >= 11 is 1.13. The number of thioether (sulfide) groups is 1. The fourth-order valence-electron chi connectivity index (χ4n) is 1.75. The van der Waals surface area contributed by atoms with Gasteiger partial charge in [0.25, 0.3) is 11.1 Å². The number of para-hydroxylation sites is 2. The van der Waals surface area contributed by atoms with Crippen molar-refractivity contribution in [2.45, 2.75) is 5.22 Å². The molecule has 0 atom stereocenters. The highest BCUT2D eigenvalue weighted by Crippen LogP contribution is 2.22. The van der Waals surface area contributed by atoms with Gasteiger partial charge in [-0.05, 0) is 18.2 Å². The van der Waals surface area contributed by atoms with Crippen LogP contribution in [0.1, 0.15) is 5.76 Å². The van der Waals surface area contributed by atoms with E-state index in [1.54, 1.807) is 6.07 Å². The molecule has 0 saturated heterocycles. The third-order valence-electron chi connectivity index (χ3n) is 2.77. The molecule has 1 N–H and O–H groups in total. The van der Waals surface area contributed by atoms with Crippen molar-refractivity contribution in [2.24, 2.45) is 5.10 Å². The van der Waals surface area contributed by atoms with Gasteiger partial charge in [-0.1, -0.05) is 23.9 Å². The lowest BCUT2D eigenvalue weighted by Gasteiger charge is -1.96. The standard InChI is InChI=1S/C14H10N4O5S/c19-12(17-15-7-9-5-6-13(22-9)18(20)21)8-24-14-16-10-3-1-2-4-11(10)23-14/h1-7H,8H2,(H,17,19)/b15-7-. The Hall–Kier alpha value is -3.14. The van der Waals surface area contributed by atoms with Crippen molar-refractivity contribution < 1.29 is 18.6 Å². The predicted molar refractivity (Wildman–Crippen MR) is 85.8 cm³/mol. The quantitative estimate of drug-likeness (QED) is 0.315. The van der Waals surface area contributed by atoms with E-state index in [0.29, 0.717) is 10.8 Å². The molecular weight excluding hydrogens is 336 g/mol. The van der Waals surface area contributed by atoms with Gasteiger partial charge >= 0.3 is 5.88 Å². The van der Waals surface area contributed by atoms with E-state index < -0.39 is 10.8 Å². The summed E-state index contributed by atoms with van der Waals surface area (Å²) in [6, 6.07) is 9.87. The molecule has 0 radical (unpaired) electrons. The Morgan fingerprint density at radius 3 is 2.92 bits per heavy atom. The first kappa shape index (κ1) is 15.7. The minimum atomic E-state index is -0.660. The molecule has 0 bridgehead atoms. The molecular formula is C14H10N4O5S. The first-order chi connectivity index (χ1) is 11.6. The number of benzene rings is 1. The average Bonchev–Trinajstić information content (AvgIpc) is 3.19. The molecule has 1 amide bonds. The first-order valence-electron chi connectivity index (χ1n) is 6.66. The van der Waals surface area contributed by atoms with E-state index in [0.717, 1.165) is 17.3 Å². The lowest BCUT2D eigenvalue weighted by molar-refractivity contribution is -0.402. The summed E-state index contributed by atoms with van der Waals surface area (Å²) in [5, 5.41) is 14.5. The van der Waals surface area contributed by atoms with Crippen molar-refractivity contribution >= 4 is 40.9 Å². The van der Waals surface area contributed by atoms with Crippen LogP contribution in [0.3, 0.4) is 0 Å². The maximum absolute atomic E-state index is 11.7. The molecule has 24 heavy (non-hydrogen) atoms. The molecule has 1 aromatic carbocycles. The Bertz CT molecular complexity index is 884. The molecule has 0 spiro atoms. The van der Waals surface area contributed by atoms with Gasteiger partial charge in [0.05, 0.1) is 18.0 Å². The number of nitrogens with zero attached hydrogens (tertiary/aromatic N) is 3. The highest BCUT2D eigenvalue weighted by atomic mass is 32.2. The number of carbonyl (C=O) groups excluding carboxylic acids is 1. The highest BCUT2D eigenvalue weighted by molar-refractivity contribution is 7.99. The van der Waals surface area contributed by atoms with Crippen molar-refractivity contribution in [1.82, 2.24) is 10.4 Å². The van der Waals surface area contributed by atoms with E-state index >= 15 is 0 Å². The number of nitrogens with one attached hydrogen (secondary N) is 1. The molecule has 0 fully saturated rings. The van der Waals surface area contributed by atoms with Gasteiger partial charge in [0.2, 0.25) is 0 Å². The van der Waals surface area contributed by atoms with Crippen LogP contribution in [0.2, 0.25) is 0 Å². The number of hydrogen-bond donors (Lipinski definition) is 1. The normalized spacial score (nSPS) is 11.2. The second kappa shape index (κ2) is 6.96. The van der Waals surface area contributed by atoms with Gasteiger partial charge in [-0.25, -0.2) is 10.4 Å². The summed E-state index contributed by atoms with van der Waals surface area (Å²) in [5.74, 6) is -0.551. The van der Waals surface area contributed by atoms with Crippen molar-refractivity contribution in [2.75, 3.05) is 5.75 Å². The minimum absolute atomic E-state index is 0.0580. The summed E-state index contributed by atoms with van der Waals surface area (Å²) in [4.78, 5) is 25.7. The summed E-state index contributed by atoms with van der Waals surface area (Å²) in [5.41, 5.74) is 3.66. The minimum Gasteiger partial charge on any atom is -0.431 e. The molecule has 0 unspecified atom stereocenters. The zero-order chi connectivity index (χ0) is 16.9. The largest absolute Gasteiger partial charge is 0.433 e. The Labute approximate surface area is 138 Å². The molecule has 0 saturated carbocycles. The maximum Gasteiger partial charge on any atom is 0.433 e. The Morgan fingerprint density at radius 2 is 2.17 bits per heavy atom. The number of amides is 1. The highest BCUT2D eigenvalue weighted by Gasteiger charge is 2.11. The number of aromatic nitrogens is 1. The van der Waals surface area contributed by atoms with E-state index in [9.17, 15) is 14.9 Å². The number of rotatable bonds is 6. The topological polar surface area (TPSA) is 124 Å². The summed E-state index contributed by atoms with van der Waals surface area (Å²) in [6.07, 6.45) is 1.18. The lowest BCUT2D eigenvalue weighted by atomic mass is 10.3. The van der Waals surface area contributed by atoms with E-state index in [1.165, 1.54) is 18.3 Å². The van der Waals surface area contributed by atoms with E-state index in [4.69, 9.17) is 8.83 Å². The third kappa shape index (κ3) is 3.79. The Kier molecular flexibility index (Phi) is 4.57. The van der Waals surface area contributed by atoms with E-state index in [2.05, 4.69) is 15.5 Å². The molecule has 10 heteroatoms. The van der Waals surface area contributed by atoms with Crippen molar-refractivity contribution in [1.29, 1.82) is 0 Å². The molecule has 2 aromatic heterocycles. The maximum atomic E-state index is 11.7. The van der Waals surface area contributed by atoms with Gasteiger partial charge < -0.3 is 8.83 Å². The number of fused-ring (bicyclic) bond motifs is 1. The first-order valence-corrected chi connectivity index (χ1v) is 7.65. The number of hydrazone groups is 1. The van der Waals surface area contributed by atoms with Crippen LogP contribution in [-0.2, 0) is 4.79 Å². The summed E-state index contributed by atoms with van der Waals surface area (Å²) < 4.78 is 10.3. The summed E-state index contributed by atoms with van der Waals surface area (Å²) in [7, 11) is 0. The van der Waals surface area contributed by atoms with Crippen molar-refractivity contribution in [3.8, 4) is 0 Å². The zero-order valence-electron chi connectivity index (χ0n) is 12.0. The second-order valence-corrected chi connectivity index (χ2v) is 5.39. The number of nitro groups is 1. The number of hydrogen-bond acceptors (Lipinski definition) is 8. The van der Waals surface area contributed by atoms with Crippen LogP contribution in [0.5, 0.6) is 0 Å². The zero-order valence-corrected chi connectivity index (χ0v) is 12.9. The van der Waals surface area contributed by atoms with Crippen LogP contribution in [0.25, 0.3) is 11.1 Å². The van der Waals surface area contributed by atoms with Gasteiger partial charge in [0, 0.05) is 0 Å². The van der Waals surface area contributed by atoms with Crippen LogP contribution in [0, 0.1) is 10.1 Å².